The van der Waals surface area contributed by atoms with Crippen molar-refractivity contribution < 1.29 is 0 Å². The summed E-state index contributed by atoms with van der Waals surface area (Å²) in [5.41, 5.74) is 2.64. The first-order valence-electron chi connectivity index (χ1n) is 8.05. The zero-order chi connectivity index (χ0) is 14.5. The van der Waals surface area contributed by atoms with Crippen molar-refractivity contribution in [3.63, 3.8) is 0 Å². The third-order valence-corrected chi connectivity index (χ3v) is 4.78. The molecule has 2 heterocycles. The van der Waals surface area contributed by atoms with Gasteiger partial charge in [0.2, 0.25) is 0 Å². The molecule has 1 fully saturated rings. The number of rotatable bonds is 5. The summed E-state index contributed by atoms with van der Waals surface area (Å²) in [5, 5.41) is 3.70. The number of aryl methyl sites for hydroxylation is 1. The fourth-order valence-corrected chi connectivity index (χ4v) is 2.96. The largest absolute Gasteiger partial charge is 0.311 e. The second kappa shape index (κ2) is 7.19. The van der Waals surface area contributed by atoms with Gasteiger partial charge in [-0.25, -0.2) is 0 Å². The molecule has 0 aliphatic carbocycles. The lowest BCUT2D eigenvalue weighted by Crippen LogP contribution is -2.57. The van der Waals surface area contributed by atoms with Crippen molar-refractivity contribution in [3.8, 4) is 0 Å². The highest BCUT2D eigenvalue weighted by Gasteiger charge is 2.28. The molecule has 3 heteroatoms. The lowest BCUT2D eigenvalue weighted by Gasteiger charge is -2.41. The van der Waals surface area contributed by atoms with E-state index in [1.807, 2.05) is 12.3 Å². The highest BCUT2D eigenvalue weighted by Crippen LogP contribution is 2.18. The standard InChI is InChI=1S/C17H29N3/c1-5-13(3)16-11-20(14(4)10-19-16)12-17-15(6-2)8-7-9-18-17/h7-9,13-14,16,19H,5-6,10-12H2,1-4H3. The minimum absolute atomic E-state index is 0.585. The summed E-state index contributed by atoms with van der Waals surface area (Å²) < 4.78 is 0. The maximum Gasteiger partial charge on any atom is 0.0575 e. The van der Waals surface area contributed by atoms with Gasteiger partial charge in [-0.15, -0.1) is 0 Å². The van der Waals surface area contributed by atoms with E-state index in [2.05, 4.69) is 49.0 Å². The number of hydrogen-bond donors (Lipinski definition) is 1. The molecular formula is C17H29N3. The van der Waals surface area contributed by atoms with Crippen LogP contribution in [0.4, 0.5) is 0 Å². The zero-order valence-electron chi connectivity index (χ0n) is 13.4. The van der Waals surface area contributed by atoms with Crippen LogP contribution in [0.3, 0.4) is 0 Å². The molecule has 1 aliphatic rings. The molecule has 1 aromatic heterocycles. The van der Waals surface area contributed by atoms with Gasteiger partial charge in [-0.3, -0.25) is 9.88 Å². The Balaban J connectivity index is 2.06. The number of hydrogen-bond acceptors (Lipinski definition) is 3. The van der Waals surface area contributed by atoms with Crippen LogP contribution < -0.4 is 5.32 Å². The third kappa shape index (κ3) is 3.58. The maximum atomic E-state index is 4.61. The van der Waals surface area contributed by atoms with Crippen LogP contribution >= 0.6 is 0 Å². The molecule has 3 nitrogen and oxygen atoms in total. The number of nitrogens with one attached hydrogen (secondary N) is 1. The van der Waals surface area contributed by atoms with Gasteiger partial charge in [0.05, 0.1) is 5.69 Å². The lowest BCUT2D eigenvalue weighted by atomic mass is 9.95. The Morgan fingerprint density at radius 2 is 2.25 bits per heavy atom. The van der Waals surface area contributed by atoms with E-state index in [0.717, 1.165) is 32.0 Å². The Kier molecular flexibility index (Phi) is 5.55. The molecule has 1 aliphatic heterocycles. The molecule has 1 N–H and O–H groups in total. The average molecular weight is 275 g/mol. The molecule has 0 aromatic carbocycles. The van der Waals surface area contributed by atoms with Gasteiger partial charge < -0.3 is 5.32 Å². The van der Waals surface area contributed by atoms with Gasteiger partial charge in [0.1, 0.15) is 0 Å². The molecule has 3 unspecified atom stereocenters. The molecule has 20 heavy (non-hydrogen) atoms. The molecule has 0 saturated carbocycles. The van der Waals surface area contributed by atoms with E-state index < -0.39 is 0 Å². The van der Waals surface area contributed by atoms with Crippen LogP contribution in [0.1, 0.15) is 45.4 Å². The summed E-state index contributed by atoms with van der Waals surface area (Å²) in [6.45, 7) is 12.4. The summed E-state index contributed by atoms with van der Waals surface area (Å²) in [6.07, 6.45) is 4.23. The Morgan fingerprint density at radius 3 is 2.95 bits per heavy atom. The SMILES string of the molecule is CCc1cccnc1CN1CC(C(C)CC)NCC1C. The average Bonchev–Trinajstić information content (AvgIpc) is 2.49. The second-order valence-corrected chi connectivity index (χ2v) is 6.14. The van der Waals surface area contributed by atoms with Gasteiger partial charge >= 0.3 is 0 Å². The number of nitrogens with zero attached hydrogens (tertiary/aromatic N) is 2. The van der Waals surface area contributed by atoms with E-state index in [1.54, 1.807) is 0 Å². The topological polar surface area (TPSA) is 28.2 Å². The predicted molar refractivity (Wildman–Crippen MR) is 84.7 cm³/mol. The van der Waals surface area contributed by atoms with Crippen molar-refractivity contribution in [1.82, 2.24) is 15.2 Å². The monoisotopic (exact) mass is 275 g/mol. The lowest BCUT2D eigenvalue weighted by molar-refractivity contribution is 0.110. The van der Waals surface area contributed by atoms with Gasteiger partial charge in [0.15, 0.2) is 0 Å². The van der Waals surface area contributed by atoms with Crippen molar-refractivity contribution in [2.45, 2.75) is 59.2 Å². The van der Waals surface area contributed by atoms with Gasteiger partial charge in [0.25, 0.3) is 0 Å². The van der Waals surface area contributed by atoms with Crippen molar-refractivity contribution in [2.24, 2.45) is 5.92 Å². The Labute approximate surface area is 123 Å². The van der Waals surface area contributed by atoms with Gasteiger partial charge in [0, 0.05) is 37.9 Å². The van der Waals surface area contributed by atoms with E-state index in [1.165, 1.54) is 17.7 Å². The smallest absolute Gasteiger partial charge is 0.0575 e. The predicted octanol–water partition coefficient (Wildman–Crippen LogP) is 2.85. The summed E-state index contributed by atoms with van der Waals surface area (Å²) in [4.78, 5) is 7.20. The highest BCUT2D eigenvalue weighted by atomic mass is 15.2. The molecular weight excluding hydrogens is 246 g/mol. The van der Waals surface area contributed by atoms with Gasteiger partial charge in [-0.1, -0.05) is 33.3 Å². The van der Waals surface area contributed by atoms with Gasteiger partial charge in [-0.2, -0.15) is 0 Å². The fraction of sp³-hybridized carbons (Fsp3) is 0.706. The maximum absolute atomic E-state index is 4.61. The normalized spacial score (nSPS) is 25.6. The van der Waals surface area contributed by atoms with Crippen LogP contribution in [0.15, 0.2) is 18.3 Å². The Morgan fingerprint density at radius 1 is 1.45 bits per heavy atom. The highest BCUT2D eigenvalue weighted by molar-refractivity contribution is 5.19. The number of piperazine rings is 1. The molecule has 112 valence electrons. The molecule has 0 bridgehead atoms. The quantitative estimate of drug-likeness (QED) is 0.895. The van der Waals surface area contributed by atoms with Crippen LogP contribution in [-0.4, -0.2) is 35.1 Å². The third-order valence-electron chi connectivity index (χ3n) is 4.78. The Bertz CT molecular complexity index is 418. The second-order valence-electron chi connectivity index (χ2n) is 6.14. The first-order chi connectivity index (χ1) is 9.65. The molecule has 3 atom stereocenters. The summed E-state index contributed by atoms with van der Waals surface area (Å²) >= 11 is 0. The van der Waals surface area contributed by atoms with Crippen molar-refractivity contribution >= 4 is 0 Å². The van der Waals surface area contributed by atoms with Gasteiger partial charge in [-0.05, 0) is 30.9 Å². The van der Waals surface area contributed by atoms with Crippen LogP contribution in [-0.2, 0) is 13.0 Å². The Hall–Kier alpha value is -0.930. The minimum Gasteiger partial charge on any atom is -0.311 e. The zero-order valence-corrected chi connectivity index (χ0v) is 13.4. The summed E-state index contributed by atoms with van der Waals surface area (Å²) in [7, 11) is 0. The number of aromatic nitrogens is 1. The summed E-state index contributed by atoms with van der Waals surface area (Å²) in [6, 6.07) is 5.46. The first kappa shape index (κ1) is 15.5. The molecule has 1 saturated heterocycles. The van der Waals surface area contributed by atoms with Crippen LogP contribution in [0.2, 0.25) is 0 Å². The van der Waals surface area contributed by atoms with Crippen molar-refractivity contribution in [2.75, 3.05) is 13.1 Å². The van der Waals surface area contributed by atoms with Crippen LogP contribution in [0.5, 0.6) is 0 Å². The molecule has 0 radical (unpaired) electrons. The van der Waals surface area contributed by atoms with E-state index in [0.29, 0.717) is 12.1 Å². The fourth-order valence-electron chi connectivity index (χ4n) is 2.96. The van der Waals surface area contributed by atoms with E-state index in [-0.39, 0.29) is 0 Å². The summed E-state index contributed by atoms with van der Waals surface area (Å²) in [5.74, 6) is 0.736. The van der Waals surface area contributed by atoms with Crippen LogP contribution in [0, 0.1) is 5.92 Å². The van der Waals surface area contributed by atoms with E-state index in [4.69, 9.17) is 0 Å². The van der Waals surface area contributed by atoms with Crippen molar-refractivity contribution in [3.05, 3.63) is 29.6 Å². The molecule has 2 rings (SSSR count). The minimum atomic E-state index is 0.585. The van der Waals surface area contributed by atoms with E-state index in [9.17, 15) is 0 Å². The molecule has 0 amide bonds. The first-order valence-corrected chi connectivity index (χ1v) is 8.05. The van der Waals surface area contributed by atoms with Crippen LogP contribution in [0.25, 0.3) is 0 Å². The number of pyridine rings is 1. The van der Waals surface area contributed by atoms with Crippen molar-refractivity contribution in [1.29, 1.82) is 0 Å². The molecule has 0 spiro atoms. The molecule has 1 aromatic rings. The van der Waals surface area contributed by atoms with E-state index >= 15 is 0 Å².